The Bertz CT molecular complexity index is 953. The number of hydrogen-bond donors (Lipinski definition) is 1. The van der Waals surface area contributed by atoms with Gasteiger partial charge >= 0.3 is 0 Å². The average molecular weight is 435 g/mol. The van der Waals surface area contributed by atoms with Crippen molar-refractivity contribution in [2.45, 2.75) is 30.1 Å². The summed E-state index contributed by atoms with van der Waals surface area (Å²) in [6.07, 6.45) is 0.346. The van der Waals surface area contributed by atoms with E-state index in [1.165, 1.54) is 9.87 Å². The van der Waals surface area contributed by atoms with Gasteiger partial charge in [0.2, 0.25) is 15.9 Å². The molecular weight excluding hydrogens is 408 g/mol. The number of carbonyl (C=O) groups excluding carboxylic acids is 1. The number of nitrogens with zero attached hydrogens (tertiary/aromatic N) is 1. The Labute approximate surface area is 176 Å². The normalized spacial score (nSPS) is 15.2. The van der Waals surface area contributed by atoms with Crippen LogP contribution in [-0.4, -0.2) is 50.7 Å². The number of sulfonamides is 1. The van der Waals surface area contributed by atoms with Gasteiger partial charge in [-0.2, -0.15) is 4.31 Å². The Morgan fingerprint density at radius 2 is 1.79 bits per heavy atom. The summed E-state index contributed by atoms with van der Waals surface area (Å²) in [5.74, 6) is 0.522. The van der Waals surface area contributed by atoms with Crippen molar-refractivity contribution in [3.05, 3.63) is 53.6 Å². The molecule has 0 aromatic heterocycles. The van der Waals surface area contributed by atoms with Crippen LogP contribution in [0.2, 0.25) is 0 Å². The minimum atomic E-state index is -3.60. The van der Waals surface area contributed by atoms with E-state index in [1.807, 2.05) is 38.1 Å². The third kappa shape index (κ3) is 5.82. The number of thioether (sulfide) groups is 1. The summed E-state index contributed by atoms with van der Waals surface area (Å²) in [7, 11) is -3.60. The molecule has 3 rings (SSSR count). The van der Waals surface area contributed by atoms with E-state index in [0.717, 1.165) is 10.5 Å². The molecule has 2 aromatic rings. The molecule has 0 unspecified atom stereocenters. The van der Waals surface area contributed by atoms with Gasteiger partial charge in [0.15, 0.2) is 0 Å². The second kappa shape index (κ2) is 9.75. The predicted octanol–water partition coefficient (Wildman–Crippen LogP) is 3.45. The molecule has 1 aliphatic rings. The Kier molecular flexibility index (Phi) is 7.34. The highest BCUT2D eigenvalue weighted by Gasteiger charge is 2.26. The van der Waals surface area contributed by atoms with Gasteiger partial charge in [-0.3, -0.25) is 4.79 Å². The number of amides is 1. The third-order valence-electron chi connectivity index (χ3n) is 4.71. The van der Waals surface area contributed by atoms with Crippen LogP contribution in [0.4, 0.5) is 5.69 Å². The summed E-state index contributed by atoms with van der Waals surface area (Å²) in [6.45, 7) is 5.36. The lowest BCUT2D eigenvalue weighted by atomic mass is 10.2. The number of aryl methyl sites for hydroxylation is 2. The van der Waals surface area contributed by atoms with Crippen LogP contribution in [0, 0.1) is 13.8 Å². The fourth-order valence-corrected chi connectivity index (χ4v) is 5.23. The maximum Gasteiger partial charge on any atom is 0.243 e. The molecule has 1 amide bonds. The average Bonchev–Trinajstić information content (AvgIpc) is 2.71. The molecule has 0 spiro atoms. The van der Waals surface area contributed by atoms with Crippen molar-refractivity contribution >= 4 is 33.4 Å². The summed E-state index contributed by atoms with van der Waals surface area (Å²) in [6, 6.07) is 13.0. The van der Waals surface area contributed by atoms with Crippen LogP contribution in [0.5, 0.6) is 0 Å². The first-order valence-corrected chi connectivity index (χ1v) is 12.0. The quantitative estimate of drug-likeness (QED) is 0.676. The molecule has 0 aliphatic carbocycles. The van der Waals surface area contributed by atoms with Crippen molar-refractivity contribution in [2.75, 3.05) is 37.4 Å². The second-order valence-electron chi connectivity index (χ2n) is 6.95. The van der Waals surface area contributed by atoms with Crippen molar-refractivity contribution in [3.8, 4) is 0 Å². The highest BCUT2D eigenvalue weighted by atomic mass is 32.2. The third-order valence-corrected chi connectivity index (χ3v) is 7.62. The smallest absolute Gasteiger partial charge is 0.243 e. The van der Waals surface area contributed by atoms with Crippen LogP contribution >= 0.6 is 11.8 Å². The molecule has 0 saturated carbocycles. The Morgan fingerprint density at radius 1 is 1.10 bits per heavy atom. The summed E-state index contributed by atoms with van der Waals surface area (Å²) in [5.41, 5.74) is 2.56. The van der Waals surface area contributed by atoms with E-state index < -0.39 is 10.0 Å². The molecule has 1 aliphatic heterocycles. The Balaban J connectivity index is 1.61. The van der Waals surface area contributed by atoms with Gasteiger partial charge in [0.1, 0.15) is 0 Å². The van der Waals surface area contributed by atoms with E-state index in [9.17, 15) is 13.2 Å². The number of carbonyl (C=O) groups is 1. The SMILES string of the molecule is Cc1ccc(SCCC(=O)Nc2cc(S(=O)(=O)N3CCOCC3)ccc2C)cc1. The van der Waals surface area contributed by atoms with Crippen molar-refractivity contribution in [3.63, 3.8) is 0 Å². The zero-order valence-corrected chi connectivity index (χ0v) is 18.3. The van der Waals surface area contributed by atoms with Gasteiger partial charge in [0, 0.05) is 35.8 Å². The summed E-state index contributed by atoms with van der Waals surface area (Å²) in [5, 5.41) is 2.86. The standard InChI is InChI=1S/C21H26N2O4S2/c1-16-3-6-18(7-4-16)28-14-9-21(24)22-20-15-19(8-5-17(20)2)29(25,26)23-10-12-27-13-11-23/h3-8,15H,9-14H2,1-2H3,(H,22,24). The minimum absolute atomic E-state index is 0.131. The van der Waals surface area contributed by atoms with Crippen molar-refractivity contribution in [1.82, 2.24) is 4.31 Å². The lowest BCUT2D eigenvalue weighted by Crippen LogP contribution is -2.40. The van der Waals surface area contributed by atoms with Crippen LogP contribution in [0.25, 0.3) is 0 Å². The molecule has 29 heavy (non-hydrogen) atoms. The number of morpholine rings is 1. The van der Waals surface area contributed by atoms with E-state index in [-0.39, 0.29) is 10.8 Å². The van der Waals surface area contributed by atoms with Crippen molar-refractivity contribution in [2.24, 2.45) is 0 Å². The minimum Gasteiger partial charge on any atom is -0.379 e. The molecule has 6 nitrogen and oxygen atoms in total. The number of hydrogen-bond acceptors (Lipinski definition) is 5. The molecule has 0 atom stereocenters. The highest BCUT2D eigenvalue weighted by Crippen LogP contribution is 2.24. The maximum absolute atomic E-state index is 12.8. The molecule has 1 heterocycles. The number of ether oxygens (including phenoxy) is 1. The molecule has 0 bridgehead atoms. The van der Waals surface area contributed by atoms with E-state index >= 15 is 0 Å². The van der Waals surface area contributed by atoms with Gasteiger partial charge in [0.05, 0.1) is 18.1 Å². The number of rotatable bonds is 7. The first-order chi connectivity index (χ1) is 13.9. The lowest BCUT2D eigenvalue weighted by Gasteiger charge is -2.26. The molecule has 1 N–H and O–H groups in total. The Morgan fingerprint density at radius 3 is 2.48 bits per heavy atom. The molecule has 1 fully saturated rings. The lowest BCUT2D eigenvalue weighted by molar-refractivity contribution is -0.115. The summed E-state index contributed by atoms with van der Waals surface area (Å²) >= 11 is 1.62. The molecule has 0 radical (unpaired) electrons. The van der Waals surface area contributed by atoms with Gasteiger partial charge in [-0.1, -0.05) is 23.8 Å². The molecule has 156 valence electrons. The van der Waals surface area contributed by atoms with Gasteiger partial charge in [-0.05, 0) is 43.7 Å². The number of benzene rings is 2. The fourth-order valence-electron chi connectivity index (χ4n) is 2.94. The molecule has 8 heteroatoms. The van der Waals surface area contributed by atoms with E-state index in [2.05, 4.69) is 5.32 Å². The highest BCUT2D eigenvalue weighted by molar-refractivity contribution is 7.99. The predicted molar refractivity (Wildman–Crippen MR) is 116 cm³/mol. The number of nitrogens with one attached hydrogen (secondary N) is 1. The first-order valence-electron chi connectivity index (χ1n) is 9.54. The van der Waals surface area contributed by atoms with E-state index in [4.69, 9.17) is 4.74 Å². The topological polar surface area (TPSA) is 75.7 Å². The monoisotopic (exact) mass is 434 g/mol. The van der Waals surface area contributed by atoms with Gasteiger partial charge in [0.25, 0.3) is 0 Å². The largest absolute Gasteiger partial charge is 0.379 e. The zero-order chi connectivity index (χ0) is 20.9. The van der Waals surface area contributed by atoms with Gasteiger partial charge in [-0.15, -0.1) is 11.8 Å². The Hall–Kier alpha value is -1.87. The maximum atomic E-state index is 12.8. The van der Waals surface area contributed by atoms with E-state index in [0.29, 0.717) is 44.2 Å². The zero-order valence-electron chi connectivity index (χ0n) is 16.7. The van der Waals surface area contributed by atoms with Gasteiger partial charge in [-0.25, -0.2) is 8.42 Å². The van der Waals surface area contributed by atoms with Crippen LogP contribution < -0.4 is 5.32 Å². The number of anilines is 1. The van der Waals surface area contributed by atoms with Crippen molar-refractivity contribution in [1.29, 1.82) is 0 Å². The summed E-state index contributed by atoms with van der Waals surface area (Å²) in [4.78, 5) is 13.7. The molecular formula is C21H26N2O4S2. The molecule has 2 aromatic carbocycles. The summed E-state index contributed by atoms with van der Waals surface area (Å²) < 4.78 is 32.3. The van der Waals surface area contributed by atoms with Crippen LogP contribution in [0.3, 0.4) is 0 Å². The second-order valence-corrected chi connectivity index (χ2v) is 10.1. The van der Waals surface area contributed by atoms with Crippen LogP contribution in [0.1, 0.15) is 17.5 Å². The fraction of sp³-hybridized carbons (Fsp3) is 0.381. The van der Waals surface area contributed by atoms with E-state index in [1.54, 1.807) is 30.0 Å². The molecule has 1 saturated heterocycles. The van der Waals surface area contributed by atoms with Crippen LogP contribution in [0.15, 0.2) is 52.3 Å². The van der Waals surface area contributed by atoms with Gasteiger partial charge < -0.3 is 10.1 Å². The first kappa shape index (κ1) is 21.8. The van der Waals surface area contributed by atoms with Crippen LogP contribution in [-0.2, 0) is 19.6 Å². The van der Waals surface area contributed by atoms with Crippen molar-refractivity contribution < 1.29 is 17.9 Å².